The van der Waals surface area contributed by atoms with Crippen LogP contribution < -0.4 is 20.1 Å². The molecule has 2 N–H and O–H groups in total. The zero-order chi connectivity index (χ0) is 20.6. The number of benzene rings is 3. The predicted molar refractivity (Wildman–Crippen MR) is 119 cm³/mol. The van der Waals surface area contributed by atoms with Crippen molar-refractivity contribution in [2.24, 2.45) is 0 Å². The Kier molecular flexibility index (Phi) is 6.81. The van der Waals surface area contributed by atoms with Gasteiger partial charge in [-0.05, 0) is 80.7 Å². The molecule has 0 aliphatic rings. The van der Waals surface area contributed by atoms with Crippen molar-refractivity contribution >= 4 is 28.9 Å². The smallest absolute Gasteiger partial charge is 0.257 e. The van der Waals surface area contributed by atoms with Gasteiger partial charge in [-0.1, -0.05) is 24.3 Å². The molecule has 0 heterocycles. The van der Waals surface area contributed by atoms with Crippen LogP contribution in [0.1, 0.15) is 24.2 Å². The van der Waals surface area contributed by atoms with E-state index in [-0.39, 0.29) is 17.1 Å². The average Bonchev–Trinajstić information content (AvgIpc) is 2.70. The van der Waals surface area contributed by atoms with Gasteiger partial charge in [0.15, 0.2) is 5.11 Å². The van der Waals surface area contributed by atoms with Gasteiger partial charge in [0.25, 0.3) is 5.91 Å². The first-order chi connectivity index (χ1) is 14.0. The summed E-state index contributed by atoms with van der Waals surface area (Å²) in [6, 6.07) is 23.8. The van der Waals surface area contributed by atoms with Gasteiger partial charge in [-0.3, -0.25) is 10.1 Å². The van der Waals surface area contributed by atoms with Gasteiger partial charge in [0.2, 0.25) is 0 Å². The Balaban J connectivity index is 1.55. The lowest BCUT2D eigenvalue weighted by atomic mass is 10.2. The zero-order valence-corrected chi connectivity index (χ0v) is 17.0. The van der Waals surface area contributed by atoms with Crippen molar-refractivity contribution < 1.29 is 14.3 Å². The van der Waals surface area contributed by atoms with Crippen LogP contribution in [0.3, 0.4) is 0 Å². The molecule has 0 aromatic heterocycles. The normalized spacial score (nSPS) is 10.3. The number of carbonyl (C=O) groups excluding carboxylic acids is 1. The van der Waals surface area contributed by atoms with Crippen LogP contribution in [0.25, 0.3) is 0 Å². The molecule has 5 nitrogen and oxygen atoms in total. The molecule has 0 spiro atoms. The minimum atomic E-state index is -0.305. The van der Waals surface area contributed by atoms with Gasteiger partial charge in [-0.25, -0.2) is 0 Å². The Morgan fingerprint density at radius 1 is 0.862 bits per heavy atom. The van der Waals surface area contributed by atoms with Gasteiger partial charge in [-0.15, -0.1) is 0 Å². The predicted octanol–water partition coefficient (Wildman–Crippen LogP) is 5.39. The van der Waals surface area contributed by atoms with E-state index < -0.39 is 0 Å². The van der Waals surface area contributed by atoms with E-state index in [4.69, 9.17) is 21.7 Å². The van der Waals surface area contributed by atoms with E-state index in [1.54, 1.807) is 18.2 Å². The number of carbonyl (C=O) groups is 1. The third-order valence-corrected chi connectivity index (χ3v) is 3.99. The fourth-order valence-corrected chi connectivity index (χ4v) is 2.76. The SMILES string of the molecule is CC(C)Oc1cccc(C(=O)NC(=S)Nc2ccc(Oc3ccccc3)cc2)c1. The van der Waals surface area contributed by atoms with Crippen LogP contribution in [0.5, 0.6) is 17.2 Å². The molecule has 0 aliphatic carbocycles. The van der Waals surface area contributed by atoms with Crippen molar-refractivity contribution in [3.8, 4) is 17.2 Å². The second-order valence-electron chi connectivity index (χ2n) is 6.54. The zero-order valence-electron chi connectivity index (χ0n) is 16.2. The van der Waals surface area contributed by atoms with E-state index in [1.807, 2.05) is 74.5 Å². The average molecular weight is 407 g/mol. The molecule has 148 valence electrons. The molecule has 29 heavy (non-hydrogen) atoms. The number of hydrogen-bond acceptors (Lipinski definition) is 4. The van der Waals surface area contributed by atoms with Gasteiger partial charge >= 0.3 is 0 Å². The minimum absolute atomic E-state index is 0.0323. The summed E-state index contributed by atoms with van der Waals surface area (Å²) >= 11 is 5.25. The van der Waals surface area contributed by atoms with Crippen molar-refractivity contribution in [2.75, 3.05) is 5.32 Å². The van der Waals surface area contributed by atoms with Crippen molar-refractivity contribution in [3.05, 3.63) is 84.4 Å². The molecule has 0 saturated heterocycles. The molecule has 3 aromatic carbocycles. The number of anilines is 1. The lowest BCUT2D eigenvalue weighted by Crippen LogP contribution is -2.34. The molecule has 3 aromatic rings. The fourth-order valence-electron chi connectivity index (χ4n) is 2.55. The van der Waals surface area contributed by atoms with E-state index >= 15 is 0 Å². The van der Waals surface area contributed by atoms with Crippen molar-refractivity contribution in [2.45, 2.75) is 20.0 Å². The third-order valence-electron chi connectivity index (χ3n) is 3.79. The second kappa shape index (κ2) is 9.71. The van der Waals surface area contributed by atoms with Gasteiger partial charge in [0.05, 0.1) is 6.10 Å². The quantitative estimate of drug-likeness (QED) is 0.537. The number of thiocarbonyl (C=S) groups is 1. The molecule has 6 heteroatoms. The van der Waals surface area contributed by atoms with Gasteiger partial charge in [0, 0.05) is 11.3 Å². The summed E-state index contributed by atoms with van der Waals surface area (Å²) in [5.41, 5.74) is 1.21. The maximum atomic E-state index is 12.4. The summed E-state index contributed by atoms with van der Waals surface area (Å²) in [4.78, 5) is 12.4. The maximum absolute atomic E-state index is 12.4. The van der Waals surface area contributed by atoms with E-state index in [9.17, 15) is 4.79 Å². The molecule has 0 bridgehead atoms. The van der Waals surface area contributed by atoms with Crippen LogP contribution in [0, 0.1) is 0 Å². The summed E-state index contributed by atoms with van der Waals surface area (Å²) in [6.45, 7) is 3.86. The van der Waals surface area contributed by atoms with Crippen LogP contribution in [0.2, 0.25) is 0 Å². The highest BCUT2D eigenvalue weighted by atomic mass is 32.1. The number of para-hydroxylation sites is 1. The molecular formula is C23H22N2O3S. The Bertz CT molecular complexity index is 973. The monoisotopic (exact) mass is 406 g/mol. The topological polar surface area (TPSA) is 59.6 Å². The van der Waals surface area contributed by atoms with Gasteiger partial charge < -0.3 is 14.8 Å². The number of rotatable bonds is 6. The lowest BCUT2D eigenvalue weighted by Gasteiger charge is -2.12. The second-order valence-corrected chi connectivity index (χ2v) is 6.95. The summed E-state index contributed by atoms with van der Waals surface area (Å²) < 4.78 is 11.4. The summed E-state index contributed by atoms with van der Waals surface area (Å²) in [6.07, 6.45) is 0.0323. The van der Waals surface area contributed by atoms with Gasteiger partial charge in [-0.2, -0.15) is 0 Å². The maximum Gasteiger partial charge on any atom is 0.257 e. The molecule has 0 radical (unpaired) electrons. The molecule has 3 rings (SSSR count). The lowest BCUT2D eigenvalue weighted by molar-refractivity contribution is 0.0977. The molecule has 0 saturated carbocycles. The van der Waals surface area contributed by atoms with Crippen LogP contribution in [-0.2, 0) is 0 Å². The van der Waals surface area contributed by atoms with Crippen LogP contribution >= 0.6 is 12.2 Å². The number of nitrogens with one attached hydrogen (secondary N) is 2. The molecule has 0 fully saturated rings. The molecule has 0 atom stereocenters. The Labute approximate surface area is 175 Å². The third kappa shape index (κ3) is 6.33. The first-order valence-electron chi connectivity index (χ1n) is 9.21. The number of amides is 1. The Hall–Kier alpha value is -3.38. The molecule has 1 amide bonds. The molecule has 0 unspecified atom stereocenters. The van der Waals surface area contributed by atoms with Crippen molar-refractivity contribution in [3.63, 3.8) is 0 Å². The standard InChI is InChI=1S/C23H22N2O3S/c1-16(2)27-21-10-6-7-17(15-21)22(26)25-23(29)24-18-11-13-20(14-12-18)28-19-8-4-3-5-9-19/h3-16H,1-2H3,(H2,24,25,26,29). The Morgan fingerprint density at radius 2 is 1.52 bits per heavy atom. The first-order valence-corrected chi connectivity index (χ1v) is 9.62. The summed E-state index contributed by atoms with van der Waals surface area (Å²) in [5, 5.41) is 5.88. The Morgan fingerprint density at radius 3 is 2.21 bits per heavy atom. The van der Waals surface area contributed by atoms with E-state index in [2.05, 4.69) is 10.6 Å². The number of hydrogen-bond donors (Lipinski definition) is 2. The van der Waals surface area contributed by atoms with Crippen molar-refractivity contribution in [1.82, 2.24) is 5.32 Å². The van der Waals surface area contributed by atoms with Crippen LogP contribution in [-0.4, -0.2) is 17.1 Å². The van der Waals surface area contributed by atoms with Crippen molar-refractivity contribution in [1.29, 1.82) is 0 Å². The van der Waals surface area contributed by atoms with Gasteiger partial charge in [0.1, 0.15) is 17.2 Å². The highest BCUT2D eigenvalue weighted by molar-refractivity contribution is 7.80. The molecule has 0 aliphatic heterocycles. The summed E-state index contributed by atoms with van der Waals surface area (Å²) in [7, 11) is 0. The first kappa shape index (κ1) is 20.4. The minimum Gasteiger partial charge on any atom is -0.491 e. The highest BCUT2D eigenvalue weighted by Crippen LogP contribution is 2.22. The van der Waals surface area contributed by atoms with E-state index in [0.717, 1.165) is 11.4 Å². The highest BCUT2D eigenvalue weighted by Gasteiger charge is 2.10. The van der Waals surface area contributed by atoms with E-state index in [1.165, 1.54) is 0 Å². The number of ether oxygens (including phenoxy) is 2. The van der Waals surface area contributed by atoms with Crippen LogP contribution in [0.15, 0.2) is 78.9 Å². The largest absolute Gasteiger partial charge is 0.491 e. The van der Waals surface area contributed by atoms with E-state index in [0.29, 0.717) is 17.1 Å². The van der Waals surface area contributed by atoms with Crippen LogP contribution in [0.4, 0.5) is 5.69 Å². The molecular weight excluding hydrogens is 384 g/mol. The summed E-state index contributed by atoms with van der Waals surface area (Å²) in [5.74, 6) is 1.81. The fraction of sp³-hybridized carbons (Fsp3) is 0.130.